The van der Waals surface area contributed by atoms with Crippen molar-refractivity contribution in [2.24, 2.45) is 5.41 Å². The van der Waals surface area contributed by atoms with Crippen LogP contribution in [-0.2, 0) is 9.47 Å². The van der Waals surface area contributed by atoms with Crippen LogP contribution in [0.3, 0.4) is 0 Å². The Kier molecular flexibility index (Phi) is 3.60. The summed E-state index contributed by atoms with van der Waals surface area (Å²) >= 11 is 0. The molecule has 1 aliphatic rings. The summed E-state index contributed by atoms with van der Waals surface area (Å²) in [5, 5.41) is 8.99. The van der Waals surface area contributed by atoms with Crippen LogP contribution in [0.5, 0.6) is 0 Å². The van der Waals surface area contributed by atoms with E-state index in [9.17, 15) is 0 Å². The van der Waals surface area contributed by atoms with Crippen LogP contribution < -0.4 is 0 Å². The predicted octanol–water partition coefficient (Wildman–Crippen LogP) is 1.67. The van der Waals surface area contributed by atoms with Crippen molar-refractivity contribution in [3.8, 4) is 0 Å². The van der Waals surface area contributed by atoms with Crippen molar-refractivity contribution < 1.29 is 14.6 Å². The van der Waals surface area contributed by atoms with Gasteiger partial charge in [0.2, 0.25) is 0 Å². The molecule has 1 rings (SSSR count). The summed E-state index contributed by atoms with van der Waals surface area (Å²) < 4.78 is 10.6. The molecule has 0 fully saturated rings. The van der Waals surface area contributed by atoms with Gasteiger partial charge in [0.1, 0.15) is 12.0 Å². The van der Waals surface area contributed by atoms with Crippen LogP contribution in [0.15, 0.2) is 12.0 Å². The molecular formula is C10H18O3. The molecule has 0 bridgehead atoms. The monoisotopic (exact) mass is 186 g/mol. The molecule has 0 saturated heterocycles. The molecule has 0 aromatic heterocycles. The lowest BCUT2D eigenvalue weighted by Gasteiger charge is -2.23. The number of ether oxygens (including phenoxy) is 2. The molecule has 0 aliphatic carbocycles. The summed E-state index contributed by atoms with van der Waals surface area (Å²) in [6, 6.07) is 0. The van der Waals surface area contributed by atoms with Gasteiger partial charge in [-0.2, -0.15) is 0 Å². The summed E-state index contributed by atoms with van der Waals surface area (Å²) in [6.45, 7) is 5.41. The van der Waals surface area contributed by atoms with Gasteiger partial charge in [0.25, 0.3) is 0 Å². The second-order valence-electron chi connectivity index (χ2n) is 4.17. The highest BCUT2D eigenvalue weighted by Crippen LogP contribution is 2.19. The van der Waals surface area contributed by atoms with E-state index in [1.165, 1.54) is 0 Å². The fourth-order valence-corrected chi connectivity index (χ4v) is 0.980. The van der Waals surface area contributed by atoms with Crippen LogP contribution in [0.2, 0.25) is 0 Å². The minimum absolute atomic E-state index is 0.140. The van der Waals surface area contributed by atoms with Crippen LogP contribution in [-0.4, -0.2) is 24.9 Å². The van der Waals surface area contributed by atoms with E-state index in [0.717, 1.165) is 25.2 Å². The highest BCUT2D eigenvalue weighted by molar-refractivity contribution is 4.91. The Hall–Kier alpha value is -0.700. The van der Waals surface area contributed by atoms with Gasteiger partial charge in [0, 0.05) is 11.8 Å². The molecule has 1 heterocycles. The van der Waals surface area contributed by atoms with E-state index < -0.39 is 0 Å². The zero-order chi connectivity index (χ0) is 9.73. The Bertz CT molecular complexity index is 185. The Morgan fingerprint density at radius 1 is 1.62 bits per heavy atom. The number of hydrogen-bond acceptors (Lipinski definition) is 3. The van der Waals surface area contributed by atoms with Crippen molar-refractivity contribution in [1.29, 1.82) is 0 Å². The van der Waals surface area contributed by atoms with Gasteiger partial charge < -0.3 is 14.6 Å². The number of aliphatic hydroxyl groups is 1. The third-order valence-electron chi connectivity index (χ3n) is 1.98. The maximum atomic E-state index is 8.99. The molecule has 0 spiro atoms. The van der Waals surface area contributed by atoms with E-state index in [1.807, 2.05) is 13.8 Å². The van der Waals surface area contributed by atoms with Gasteiger partial charge in [-0.25, -0.2) is 0 Å². The van der Waals surface area contributed by atoms with Crippen LogP contribution in [0.1, 0.15) is 26.7 Å². The summed E-state index contributed by atoms with van der Waals surface area (Å²) in [6.07, 6.45) is 3.64. The maximum Gasteiger partial charge on any atom is 0.130 e. The van der Waals surface area contributed by atoms with Gasteiger partial charge in [-0.1, -0.05) is 13.8 Å². The molecule has 0 saturated carbocycles. The molecule has 3 nitrogen and oxygen atoms in total. The molecule has 1 aliphatic heterocycles. The molecular weight excluding hydrogens is 168 g/mol. The van der Waals surface area contributed by atoms with Crippen LogP contribution in [0.25, 0.3) is 0 Å². The first-order valence-corrected chi connectivity index (χ1v) is 4.68. The zero-order valence-corrected chi connectivity index (χ0v) is 8.38. The Balaban J connectivity index is 2.29. The van der Waals surface area contributed by atoms with E-state index in [4.69, 9.17) is 14.6 Å². The van der Waals surface area contributed by atoms with Gasteiger partial charge in [-0.15, -0.1) is 0 Å². The lowest BCUT2D eigenvalue weighted by Crippen LogP contribution is -2.23. The minimum atomic E-state index is -0.168. The number of hydrogen-bond donors (Lipinski definition) is 1. The van der Waals surface area contributed by atoms with Gasteiger partial charge in [-0.05, 0) is 6.42 Å². The Morgan fingerprint density at radius 3 is 2.92 bits per heavy atom. The van der Waals surface area contributed by atoms with Crippen molar-refractivity contribution in [1.82, 2.24) is 0 Å². The first kappa shape index (κ1) is 10.4. The standard InChI is InChI=1S/C10H18O3/c1-10(2,7-11)8-13-9-4-3-5-12-6-9/h6,11H,3-5,7-8H2,1-2H3. The van der Waals surface area contributed by atoms with Crippen molar-refractivity contribution in [2.75, 3.05) is 19.8 Å². The summed E-state index contributed by atoms with van der Waals surface area (Å²) in [4.78, 5) is 0. The zero-order valence-electron chi connectivity index (χ0n) is 8.38. The van der Waals surface area contributed by atoms with Crippen LogP contribution in [0.4, 0.5) is 0 Å². The SMILES string of the molecule is CC(C)(CO)COC1=COCCC1. The third kappa shape index (κ3) is 3.68. The molecule has 0 unspecified atom stereocenters. The molecule has 13 heavy (non-hydrogen) atoms. The summed E-state index contributed by atoms with van der Waals surface area (Å²) in [7, 11) is 0. The first-order chi connectivity index (χ1) is 6.14. The van der Waals surface area contributed by atoms with Gasteiger partial charge in [-0.3, -0.25) is 0 Å². The second kappa shape index (κ2) is 4.51. The molecule has 1 N–H and O–H groups in total. The Morgan fingerprint density at radius 2 is 2.38 bits per heavy atom. The second-order valence-corrected chi connectivity index (χ2v) is 4.17. The fraction of sp³-hybridized carbons (Fsp3) is 0.800. The van der Waals surface area contributed by atoms with E-state index in [-0.39, 0.29) is 12.0 Å². The van der Waals surface area contributed by atoms with Crippen molar-refractivity contribution in [2.45, 2.75) is 26.7 Å². The molecule has 76 valence electrons. The summed E-state index contributed by atoms with van der Waals surface area (Å²) in [5.41, 5.74) is -0.168. The van der Waals surface area contributed by atoms with Gasteiger partial charge in [0.05, 0.1) is 19.8 Å². The average Bonchev–Trinajstić information content (AvgIpc) is 2.17. The van der Waals surface area contributed by atoms with E-state index >= 15 is 0 Å². The van der Waals surface area contributed by atoms with Gasteiger partial charge in [0.15, 0.2) is 0 Å². The number of rotatable bonds is 4. The average molecular weight is 186 g/mol. The number of aliphatic hydroxyl groups excluding tert-OH is 1. The first-order valence-electron chi connectivity index (χ1n) is 4.68. The number of allylic oxidation sites excluding steroid dienone is 1. The van der Waals surface area contributed by atoms with E-state index in [0.29, 0.717) is 6.61 Å². The van der Waals surface area contributed by atoms with E-state index in [1.54, 1.807) is 6.26 Å². The lowest BCUT2D eigenvalue weighted by atomic mass is 9.96. The third-order valence-corrected chi connectivity index (χ3v) is 1.98. The van der Waals surface area contributed by atoms with Crippen molar-refractivity contribution >= 4 is 0 Å². The largest absolute Gasteiger partial charge is 0.498 e. The molecule has 0 atom stereocenters. The quantitative estimate of drug-likeness (QED) is 0.726. The molecule has 0 aromatic carbocycles. The van der Waals surface area contributed by atoms with Gasteiger partial charge >= 0.3 is 0 Å². The highest BCUT2D eigenvalue weighted by atomic mass is 16.5. The maximum absolute atomic E-state index is 8.99. The lowest BCUT2D eigenvalue weighted by molar-refractivity contribution is 0.0473. The predicted molar refractivity (Wildman–Crippen MR) is 50.1 cm³/mol. The topological polar surface area (TPSA) is 38.7 Å². The van der Waals surface area contributed by atoms with Crippen molar-refractivity contribution in [3.63, 3.8) is 0 Å². The molecule has 0 radical (unpaired) electrons. The minimum Gasteiger partial charge on any atom is -0.498 e. The smallest absolute Gasteiger partial charge is 0.130 e. The molecule has 0 aromatic rings. The van der Waals surface area contributed by atoms with Crippen molar-refractivity contribution in [3.05, 3.63) is 12.0 Å². The van der Waals surface area contributed by atoms with Crippen LogP contribution in [0, 0.1) is 5.41 Å². The normalized spacial score (nSPS) is 17.6. The highest BCUT2D eigenvalue weighted by Gasteiger charge is 2.18. The van der Waals surface area contributed by atoms with E-state index in [2.05, 4.69) is 0 Å². The molecule has 3 heteroatoms. The molecule has 0 amide bonds. The summed E-state index contributed by atoms with van der Waals surface area (Å²) in [5.74, 6) is 0.896. The van der Waals surface area contributed by atoms with Crippen LogP contribution >= 0.6 is 0 Å². The fourth-order valence-electron chi connectivity index (χ4n) is 0.980. The Labute approximate surface area is 79.3 Å².